The van der Waals surface area contributed by atoms with Crippen LogP contribution in [-0.4, -0.2) is 38.3 Å². The van der Waals surface area contributed by atoms with Gasteiger partial charge in [0, 0.05) is 19.6 Å². The highest BCUT2D eigenvalue weighted by atomic mass is 32.2. The Morgan fingerprint density at radius 1 is 1.10 bits per heavy atom. The highest BCUT2D eigenvalue weighted by Crippen LogP contribution is 2.24. The summed E-state index contributed by atoms with van der Waals surface area (Å²) in [4.78, 5) is 12.9. The Morgan fingerprint density at radius 3 is 2.59 bits per heavy atom. The van der Waals surface area contributed by atoms with Crippen LogP contribution in [0.2, 0.25) is 0 Å². The summed E-state index contributed by atoms with van der Waals surface area (Å²) < 4.78 is 27.3. The van der Waals surface area contributed by atoms with Crippen molar-refractivity contribution >= 4 is 15.9 Å². The molecule has 3 rings (SSSR count). The topological polar surface area (TPSA) is 66.5 Å². The lowest BCUT2D eigenvalue weighted by Gasteiger charge is -2.31. The lowest BCUT2D eigenvalue weighted by Crippen LogP contribution is -2.45. The molecule has 1 aliphatic heterocycles. The van der Waals surface area contributed by atoms with Crippen molar-refractivity contribution in [3.05, 3.63) is 65.2 Å². The van der Waals surface area contributed by atoms with Gasteiger partial charge in [0.05, 0.1) is 10.8 Å². The molecular formula is C23H30N2O3S. The maximum absolute atomic E-state index is 12.9. The predicted molar refractivity (Wildman–Crippen MR) is 115 cm³/mol. The molecule has 1 saturated heterocycles. The number of sulfonamides is 1. The molecule has 5 nitrogen and oxygen atoms in total. The van der Waals surface area contributed by atoms with E-state index in [1.165, 1.54) is 15.4 Å². The van der Waals surface area contributed by atoms with Crippen molar-refractivity contribution in [1.29, 1.82) is 0 Å². The number of rotatable bonds is 7. The van der Waals surface area contributed by atoms with Gasteiger partial charge in [0.25, 0.3) is 0 Å². The Balaban J connectivity index is 1.51. The Labute approximate surface area is 174 Å². The summed E-state index contributed by atoms with van der Waals surface area (Å²) in [6.45, 7) is 5.32. The van der Waals surface area contributed by atoms with Gasteiger partial charge in [-0.25, -0.2) is 8.42 Å². The second kappa shape index (κ2) is 9.55. The van der Waals surface area contributed by atoms with Gasteiger partial charge in [0.15, 0.2) is 0 Å². The van der Waals surface area contributed by atoms with E-state index in [1.54, 1.807) is 24.3 Å². The van der Waals surface area contributed by atoms with Crippen LogP contribution < -0.4 is 5.32 Å². The summed E-state index contributed by atoms with van der Waals surface area (Å²) in [6.07, 6.45) is 3.21. The molecule has 2 aromatic rings. The molecule has 0 radical (unpaired) electrons. The number of amides is 1. The molecule has 1 atom stereocenters. The Kier molecular flexibility index (Phi) is 7.09. The lowest BCUT2D eigenvalue weighted by molar-refractivity contribution is -0.126. The third-order valence-corrected chi connectivity index (χ3v) is 7.32. The first-order valence-electron chi connectivity index (χ1n) is 10.3. The van der Waals surface area contributed by atoms with E-state index in [0.29, 0.717) is 24.4 Å². The molecule has 1 aliphatic rings. The number of aryl methyl sites for hydroxylation is 3. The largest absolute Gasteiger partial charge is 0.356 e. The molecule has 156 valence electrons. The van der Waals surface area contributed by atoms with Crippen LogP contribution in [0, 0.1) is 19.8 Å². The number of carbonyl (C=O) groups is 1. The van der Waals surface area contributed by atoms with E-state index in [1.807, 2.05) is 13.0 Å². The molecule has 1 heterocycles. The van der Waals surface area contributed by atoms with E-state index in [0.717, 1.165) is 24.8 Å². The van der Waals surface area contributed by atoms with Gasteiger partial charge in [-0.15, -0.1) is 0 Å². The van der Waals surface area contributed by atoms with Crippen LogP contribution >= 0.6 is 0 Å². The molecule has 0 bridgehead atoms. The molecule has 29 heavy (non-hydrogen) atoms. The van der Waals surface area contributed by atoms with Crippen molar-refractivity contribution in [2.75, 3.05) is 19.6 Å². The Morgan fingerprint density at radius 2 is 1.86 bits per heavy atom. The van der Waals surface area contributed by atoms with Crippen LogP contribution in [-0.2, 0) is 21.2 Å². The molecular weight excluding hydrogens is 384 g/mol. The minimum absolute atomic E-state index is 0.0435. The Hall–Kier alpha value is -2.18. The molecule has 1 N–H and O–H groups in total. The highest BCUT2D eigenvalue weighted by molar-refractivity contribution is 7.89. The minimum atomic E-state index is -3.56. The summed E-state index contributed by atoms with van der Waals surface area (Å²) in [5.41, 5.74) is 3.53. The molecule has 6 heteroatoms. The number of nitrogens with one attached hydrogen (secondary N) is 1. The van der Waals surface area contributed by atoms with Crippen LogP contribution in [0.25, 0.3) is 0 Å². The second-order valence-electron chi connectivity index (χ2n) is 7.90. The average Bonchev–Trinajstić information content (AvgIpc) is 2.71. The van der Waals surface area contributed by atoms with Gasteiger partial charge < -0.3 is 5.32 Å². The summed E-state index contributed by atoms with van der Waals surface area (Å²) in [6, 6.07) is 15.3. The van der Waals surface area contributed by atoms with Crippen LogP contribution in [0.3, 0.4) is 0 Å². The SMILES string of the molecule is Cc1ccc(S(=O)(=O)N2CCC[C@@H](C(=O)NCCCc3cccc(C)c3)C2)cc1. The fourth-order valence-corrected chi connectivity index (χ4v) is 5.27. The second-order valence-corrected chi connectivity index (χ2v) is 9.84. The van der Waals surface area contributed by atoms with Crippen LogP contribution in [0.4, 0.5) is 0 Å². The fourth-order valence-electron chi connectivity index (χ4n) is 3.75. The normalized spacial score (nSPS) is 17.8. The number of nitrogens with zero attached hydrogens (tertiary/aromatic N) is 1. The zero-order valence-electron chi connectivity index (χ0n) is 17.2. The van der Waals surface area contributed by atoms with Gasteiger partial charge >= 0.3 is 0 Å². The predicted octanol–water partition coefficient (Wildman–Crippen LogP) is 3.45. The monoisotopic (exact) mass is 414 g/mol. The molecule has 2 aromatic carbocycles. The van der Waals surface area contributed by atoms with Crippen molar-refractivity contribution in [3.8, 4) is 0 Å². The van der Waals surface area contributed by atoms with E-state index in [2.05, 4.69) is 30.4 Å². The van der Waals surface area contributed by atoms with Crippen LogP contribution in [0.15, 0.2) is 53.4 Å². The van der Waals surface area contributed by atoms with E-state index in [9.17, 15) is 13.2 Å². The van der Waals surface area contributed by atoms with Crippen molar-refractivity contribution in [2.45, 2.75) is 44.4 Å². The maximum atomic E-state index is 12.9. The van der Waals surface area contributed by atoms with E-state index >= 15 is 0 Å². The number of hydrogen-bond donors (Lipinski definition) is 1. The van der Waals surface area contributed by atoms with Gasteiger partial charge in [-0.3, -0.25) is 4.79 Å². The first-order valence-corrected chi connectivity index (χ1v) is 11.7. The number of piperidine rings is 1. The van der Waals surface area contributed by atoms with E-state index < -0.39 is 10.0 Å². The first-order chi connectivity index (χ1) is 13.9. The quantitative estimate of drug-likeness (QED) is 0.706. The lowest BCUT2D eigenvalue weighted by atomic mass is 9.98. The number of benzene rings is 2. The zero-order valence-corrected chi connectivity index (χ0v) is 18.0. The maximum Gasteiger partial charge on any atom is 0.243 e. The van der Waals surface area contributed by atoms with Gasteiger partial charge in [0.2, 0.25) is 15.9 Å². The molecule has 0 spiro atoms. The minimum Gasteiger partial charge on any atom is -0.356 e. The standard InChI is InChI=1S/C23H30N2O3S/c1-18-10-12-22(13-11-18)29(27,28)25-15-5-9-21(17-25)23(26)24-14-4-8-20-7-3-6-19(2)16-20/h3,6-7,10-13,16,21H,4-5,8-9,14-15,17H2,1-2H3,(H,24,26)/t21-/m1/s1. The smallest absolute Gasteiger partial charge is 0.243 e. The summed E-state index contributed by atoms with van der Waals surface area (Å²) >= 11 is 0. The van der Waals surface area contributed by atoms with Gasteiger partial charge in [0.1, 0.15) is 0 Å². The number of hydrogen-bond acceptors (Lipinski definition) is 3. The van der Waals surface area contributed by atoms with Crippen molar-refractivity contribution in [3.63, 3.8) is 0 Å². The highest BCUT2D eigenvalue weighted by Gasteiger charge is 2.33. The van der Waals surface area contributed by atoms with Gasteiger partial charge in [-0.05, 0) is 57.2 Å². The molecule has 0 unspecified atom stereocenters. The van der Waals surface area contributed by atoms with E-state index in [4.69, 9.17) is 0 Å². The fraction of sp³-hybridized carbons (Fsp3) is 0.435. The molecule has 0 aromatic heterocycles. The van der Waals surface area contributed by atoms with Crippen molar-refractivity contribution < 1.29 is 13.2 Å². The van der Waals surface area contributed by atoms with E-state index in [-0.39, 0.29) is 18.4 Å². The van der Waals surface area contributed by atoms with Gasteiger partial charge in [-0.1, -0.05) is 47.5 Å². The van der Waals surface area contributed by atoms with Crippen LogP contribution in [0.5, 0.6) is 0 Å². The third kappa shape index (κ3) is 5.67. The molecule has 1 amide bonds. The summed E-state index contributed by atoms with van der Waals surface area (Å²) in [5.74, 6) is -0.332. The summed E-state index contributed by atoms with van der Waals surface area (Å²) in [5, 5.41) is 3.00. The molecule has 1 fully saturated rings. The zero-order chi connectivity index (χ0) is 20.9. The molecule has 0 saturated carbocycles. The molecule has 0 aliphatic carbocycles. The number of carbonyl (C=O) groups excluding carboxylic acids is 1. The average molecular weight is 415 g/mol. The third-order valence-electron chi connectivity index (χ3n) is 5.44. The summed E-state index contributed by atoms with van der Waals surface area (Å²) in [7, 11) is -3.56. The van der Waals surface area contributed by atoms with Crippen molar-refractivity contribution in [2.24, 2.45) is 5.92 Å². The first kappa shape index (κ1) is 21.5. The van der Waals surface area contributed by atoms with Crippen molar-refractivity contribution in [1.82, 2.24) is 9.62 Å². The van der Waals surface area contributed by atoms with Crippen LogP contribution in [0.1, 0.15) is 36.0 Å². The Bertz CT molecular complexity index is 939. The van der Waals surface area contributed by atoms with Gasteiger partial charge in [-0.2, -0.15) is 4.31 Å².